The van der Waals surface area contributed by atoms with Crippen LogP contribution in [0, 0.1) is 0 Å². The lowest BCUT2D eigenvalue weighted by molar-refractivity contribution is -0.142. The molecule has 0 atom stereocenters. The predicted molar refractivity (Wildman–Crippen MR) is 123 cm³/mol. The van der Waals surface area contributed by atoms with E-state index < -0.39 is 5.97 Å². The summed E-state index contributed by atoms with van der Waals surface area (Å²) in [5.41, 5.74) is 3.37. The van der Waals surface area contributed by atoms with Crippen molar-refractivity contribution in [2.75, 3.05) is 18.6 Å². The van der Waals surface area contributed by atoms with Crippen LogP contribution in [0.25, 0.3) is 11.1 Å². The van der Waals surface area contributed by atoms with Crippen LogP contribution < -0.4 is 0 Å². The van der Waals surface area contributed by atoms with E-state index in [0.717, 1.165) is 59.6 Å². The first-order valence-corrected chi connectivity index (χ1v) is 11.6. The number of benzene rings is 2. The number of methoxy groups -OCH3 is 1. The fourth-order valence-electron chi connectivity index (χ4n) is 3.06. The first-order valence-electron chi connectivity index (χ1n) is 9.71. The molecule has 0 saturated carbocycles. The van der Waals surface area contributed by atoms with Crippen LogP contribution in [0.5, 0.6) is 0 Å². The lowest BCUT2D eigenvalue weighted by Gasteiger charge is -2.13. The summed E-state index contributed by atoms with van der Waals surface area (Å²) >= 11 is 14.3. The number of hydrogen-bond acceptors (Lipinski definition) is 4. The molecule has 0 heterocycles. The number of ether oxygens (including phenoxy) is 1. The largest absolute Gasteiger partial charge is 0.469 e. The van der Waals surface area contributed by atoms with E-state index in [4.69, 9.17) is 23.2 Å². The second kappa shape index (κ2) is 12.9. The van der Waals surface area contributed by atoms with Crippen molar-refractivity contribution in [2.45, 2.75) is 38.5 Å². The highest BCUT2D eigenvalue weighted by atomic mass is 35.5. The third-order valence-electron chi connectivity index (χ3n) is 4.54. The zero-order chi connectivity index (χ0) is 21.1. The van der Waals surface area contributed by atoms with E-state index >= 15 is 0 Å². The van der Waals surface area contributed by atoms with Gasteiger partial charge in [-0.15, -0.1) is 0 Å². The summed E-state index contributed by atoms with van der Waals surface area (Å²) in [5, 5.41) is 1.37. The first kappa shape index (κ1) is 23.8. The quantitative estimate of drug-likeness (QED) is 0.206. The van der Waals surface area contributed by atoms with Gasteiger partial charge in [-0.3, -0.25) is 9.59 Å². The number of esters is 1. The molecule has 2 rings (SSSR count). The molecule has 2 aromatic carbocycles. The van der Waals surface area contributed by atoms with E-state index in [9.17, 15) is 9.59 Å². The predicted octanol–water partition coefficient (Wildman–Crippen LogP) is 6.63. The molecule has 0 N–H and O–H groups in total. The second-order valence-corrected chi connectivity index (χ2v) is 8.74. The number of carbonyl (C=O) groups excluding carboxylic acids is 2. The van der Waals surface area contributed by atoms with Gasteiger partial charge in [0.05, 0.1) is 12.9 Å². The topological polar surface area (TPSA) is 43.4 Å². The van der Waals surface area contributed by atoms with Gasteiger partial charge in [0.1, 0.15) is 6.42 Å². The van der Waals surface area contributed by atoms with Crippen molar-refractivity contribution in [1.82, 2.24) is 0 Å². The Morgan fingerprint density at radius 2 is 1.72 bits per heavy atom. The molecule has 0 saturated heterocycles. The molecular weight excluding hydrogens is 427 g/mol. The summed E-state index contributed by atoms with van der Waals surface area (Å²) in [6.45, 7) is 0. The summed E-state index contributed by atoms with van der Waals surface area (Å²) in [6, 6.07) is 14.0. The van der Waals surface area contributed by atoms with E-state index in [1.807, 2.05) is 30.3 Å². The van der Waals surface area contributed by atoms with Gasteiger partial charge in [-0.05, 0) is 53.8 Å². The summed E-state index contributed by atoms with van der Waals surface area (Å²) in [4.78, 5) is 22.6. The minimum Gasteiger partial charge on any atom is -0.469 e. The molecule has 0 radical (unpaired) electrons. The molecule has 3 nitrogen and oxygen atoms in total. The molecule has 2 aromatic rings. The van der Waals surface area contributed by atoms with Crippen molar-refractivity contribution in [3.63, 3.8) is 0 Å². The highest BCUT2D eigenvalue weighted by Crippen LogP contribution is 2.34. The number of rotatable bonds is 12. The van der Waals surface area contributed by atoms with Crippen LogP contribution in [0.15, 0.2) is 42.5 Å². The lowest BCUT2D eigenvalue weighted by Crippen LogP contribution is -2.11. The third kappa shape index (κ3) is 8.41. The fraction of sp³-hybridized carbons (Fsp3) is 0.391. The van der Waals surface area contributed by atoms with E-state index in [1.54, 1.807) is 11.8 Å². The van der Waals surface area contributed by atoms with Gasteiger partial charge < -0.3 is 4.74 Å². The Morgan fingerprint density at radius 3 is 2.45 bits per heavy atom. The Balaban J connectivity index is 1.73. The number of halogens is 2. The Kier molecular flexibility index (Phi) is 10.6. The Bertz CT molecular complexity index is 809. The van der Waals surface area contributed by atoms with Gasteiger partial charge in [-0.1, -0.05) is 66.4 Å². The Morgan fingerprint density at radius 1 is 1.00 bits per heavy atom. The van der Waals surface area contributed by atoms with E-state index in [-0.39, 0.29) is 12.2 Å². The van der Waals surface area contributed by atoms with Crippen LogP contribution in [0.1, 0.15) is 37.7 Å². The average molecular weight is 453 g/mol. The van der Waals surface area contributed by atoms with Gasteiger partial charge in [0.25, 0.3) is 0 Å². The van der Waals surface area contributed by atoms with Crippen LogP contribution in [0.4, 0.5) is 0 Å². The van der Waals surface area contributed by atoms with Crippen molar-refractivity contribution in [3.8, 4) is 11.1 Å². The van der Waals surface area contributed by atoms with Crippen molar-refractivity contribution >= 4 is 46.7 Å². The lowest BCUT2D eigenvalue weighted by atomic mass is 9.95. The molecular formula is C23H26Cl2O3S. The molecule has 29 heavy (non-hydrogen) atoms. The van der Waals surface area contributed by atoms with Crippen molar-refractivity contribution in [1.29, 1.82) is 0 Å². The van der Waals surface area contributed by atoms with Gasteiger partial charge >= 0.3 is 5.97 Å². The molecule has 6 heteroatoms. The van der Waals surface area contributed by atoms with Gasteiger partial charge in [0.2, 0.25) is 0 Å². The summed E-state index contributed by atoms with van der Waals surface area (Å²) in [5.74, 6) is 0.749. The van der Waals surface area contributed by atoms with Crippen LogP contribution in [0.3, 0.4) is 0 Å². The van der Waals surface area contributed by atoms with Crippen LogP contribution in [-0.2, 0) is 20.7 Å². The maximum absolute atomic E-state index is 11.6. The zero-order valence-corrected chi connectivity index (χ0v) is 18.9. The molecule has 0 aliphatic carbocycles. The highest BCUT2D eigenvalue weighted by molar-refractivity contribution is 7.99. The maximum Gasteiger partial charge on any atom is 0.313 e. The zero-order valence-electron chi connectivity index (χ0n) is 16.6. The smallest absolute Gasteiger partial charge is 0.313 e. The SMILES string of the molecule is COC(=O)CC(=O)CSCCCCCCc1c(Cl)cc(Cl)cc1-c1ccccc1. The summed E-state index contributed by atoms with van der Waals surface area (Å²) in [7, 11) is 1.29. The normalized spacial score (nSPS) is 10.7. The Hall–Kier alpha value is -1.49. The summed E-state index contributed by atoms with van der Waals surface area (Å²) in [6.07, 6.45) is 5.08. The van der Waals surface area contributed by atoms with Crippen molar-refractivity contribution in [3.05, 3.63) is 58.1 Å². The van der Waals surface area contributed by atoms with Gasteiger partial charge in [0.15, 0.2) is 5.78 Å². The minimum absolute atomic E-state index is 0.0762. The monoisotopic (exact) mass is 452 g/mol. The number of Topliss-reactive ketones (excluding diaryl/α,β-unsaturated/α-hetero) is 1. The second-order valence-electron chi connectivity index (χ2n) is 6.79. The van der Waals surface area contributed by atoms with E-state index in [0.29, 0.717) is 10.8 Å². The first-order chi connectivity index (χ1) is 14.0. The van der Waals surface area contributed by atoms with E-state index in [1.165, 1.54) is 7.11 Å². The molecule has 0 bridgehead atoms. The molecule has 0 amide bonds. The molecule has 0 aliphatic heterocycles. The molecule has 0 aromatic heterocycles. The molecule has 0 aliphatic rings. The third-order valence-corrected chi connectivity index (χ3v) is 6.20. The number of ketones is 1. The molecule has 0 spiro atoms. The van der Waals surface area contributed by atoms with Gasteiger partial charge in [0, 0.05) is 10.0 Å². The van der Waals surface area contributed by atoms with Crippen molar-refractivity contribution in [2.24, 2.45) is 0 Å². The minimum atomic E-state index is -0.466. The number of hydrogen-bond donors (Lipinski definition) is 0. The van der Waals surface area contributed by atoms with Crippen LogP contribution in [0.2, 0.25) is 10.0 Å². The summed E-state index contributed by atoms with van der Waals surface area (Å²) < 4.78 is 4.49. The standard InChI is InChI=1S/C23H26Cl2O3S/c1-28-23(27)15-19(26)16-29-12-8-3-2-7-11-20-21(13-18(24)14-22(20)25)17-9-5-4-6-10-17/h4-6,9-10,13-14H,2-3,7-8,11-12,15-16H2,1H3. The van der Waals surface area contributed by atoms with Gasteiger partial charge in [-0.25, -0.2) is 0 Å². The number of carbonyl (C=O) groups is 2. The Labute approximate surface area is 187 Å². The van der Waals surface area contributed by atoms with Crippen LogP contribution >= 0.6 is 35.0 Å². The van der Waals surface area contributed by atoms with Crippen LogP contribution in [-0.4, -0.2) is 30.4 Å². The molecule has 0 unspecified atom stereocenters. The fourth-order valence-corrected chi connectivity index (χ4v) is 4.53. The number of unbranched alkanes of at least 4 members (excludes halogenated alkanes) is 3. The molecule has 0 fully saturated rings. The van der Waals surface area contributed by atoms with Gasteiger partial charge in [-0.2, -0.15) is 11.8 Å². The number of thioether (sulfide) groups is 1. The highest BCUT2D eigenvalue weighted by Gasteiger charge is 2.11. The van der Waals surface area contributed by atoms with E-state index in [2.05, 4.69) is 16.9 Å². The average Bonchev–Trinajstić information content (AvgIpc) is 2.71. The van der Waals surface area contributed by atoms with Crippen molar-refractivity contribution < 1.29 is 14.3 Å². The maximum atomic E-state index is 11.6. The molecule has 156 valence electrons.